The lowest BCUT2D eigenvalue weighted by Crippen LogP contribution is -2.30. The summed E-state index contributed by atoms with van der Waals surface area (Å²) in [7, 11) is 0. The molecule has 1 aromatic heterocycles. The van der Waals surface area contributed by atoms with Crippen LogP contribution in [0.4, 0.5) is 5.69 Å². The molecular weight excluding hydrogens is 398 g/mol. The maximum Gasteiger partial charge on any atom is 0.300 e. The molecule has 1 unspecified atom stereocenters. The van der Waals surface area contributed by atoms with E-state index in [1.165, 1.54) is 11.2 Å². The van der Waals surface area contributed by atoms with Crippen molar-refractivity contribution in [1.82, 2.24) is 0 Å². The number of carbonyl (C=O) groups excluding carboxylic acids is 2. The minimum atomic E-state index is -0.901. The van der Waals surface area contributed by atoms with Crippen molar-refractivity contribution >= 4 is 23.1 Å². The molecule has 0 radical (unpaired) electrons. The number of ether oxygens (including phenoxy) is 2. The molecule has 0 spiro atoms. The summed E-state index contributed by atoms with van der Waals surface area (Å²) >= 11 is 0. The standard InChI is InChI=1S/C24H19NO6/c1-13-5-7-16(14(2)10-13)25-21(18-4-3-9-29-18)20(23(27)24(25)28)22(26)15-6-8-17-19(11-15)31-12-30-17/h3-11,21,26H,12H2,1-2H3/b22-20-. The van der Waals surface area contributed by atoms with Gasteiger partial charge in [0.15, 0.2) is 11.5 Å². The van der Waals surface area contributed by atoms with Gasteiger partial charge < -0.3 is 19.0 Å². The van der Waals surface area contributed by atoms with Crippen LogP contribution in [0.1, 0.15) is 28.5 Å². The van der Waals surface area contributed by atoms with Crippen molar-refractivity contribution in [3.8, 4) is 11.5 Å². The van der Waals surface area contributed by atoms with Gasteiger partial charge >= 0.3 is 0 Å². The van der Waals surface area contributed by atoms with Crippen molar-refractivity contribution in [2.75, 3.05) is 11.7 Å². The second kappa shape index (κ2) is 7.05. The quantitative estimate of drug-likeness (QED) is 0.389. The molecule has 7 heteroatoms. The lowest BCUT2D eigenvalue weighted by atomic mass is 9.98. The fraction of sp³-hybridized carbons (Fsp3) is 0.167. The number of rotatable bonds is 3. The predicted octanol–water partition coefficient (Wildman–Crippen LogP) is 4.25. The first kappa shape index (κ1) is 19.0. The predicted molar refractivity (Wildman–Crippen MR) is 112 cm³/mol. The van der Waals surface area contributed by atoms with Crippen LogP contribution in [0, 0.1) is 13.8 Å². The fourth-order valence-electron chi connectivity index (χ4n) is 4.07. The van der Waals surface area contributed by atoms with Gasteiger partial charge in [-0.2, -0.15) is 0 Å². The zero-order valence-electron chi connectivity index (χ0n) is 16.9. The van der Waals surface area contributed by atoms with Crippen LogP contribution in [0.5, 0.6) is 11.5 Å². The Balaban J connectivity index is 1.70. The Kier molecular flexibility index (Phi) is 4.32. The van der Waals surface area contributed by atoms with E-state index in [0.29, 0.717) is 28.5 Å². The number of Topliss-reactive ketones (excluding diaryl/α,β-unsaturated/α-hetero) is 1. The van der Waals surface area contributed by atoms with Gasteiger partial charge in [-0.15, -0.1) is 0 Å². The molecule has 5 rings (SSSR count). The number of anilines is 1. The Bertz CT molecular complexity index is 1240. The van der Waals surface area contributed by atoms with E-state index in [9.17, 15) is 14.7 Å². The number of nitrogens with zero attached hydrogens (tertiary/aromatic N) is 1. The van der Waals surface area contributed by atoms with E-state index in [0.717, 1.165) is 11.1 Å². The summed E-state index contributed by atoms with van der Waals surface area (Å²) in [4.78, 5) is 27.6. The maximum absolute atomic E-state index is 13.1. The van der Waals surface area contributed by atoms with E-state index in [1.807, 2.05) is 26.0 Å². The molecule has 3 heterocycles. The zero-order chi connectivity index (χ0) is 21.7. The number of aryl methyl sites for hydroxylation is 2. The molecule has 0 aliphatic carbocycles. The molecule has 1 saturated heterocycles. The number of ketones is 1. The van der Waals surface area contributed by atoms with Gasteiger partial charge in [0.1, 0.15) is 17.6 Å². The van der Waals surface area contributed by atoms with Crippen molar-refractivity contribution in [2.24, 2.45) is 0 Å². The third-order valence-electron chi connectivity index (χ3n) is 5.51. The van der Waals surface area contributed by atoms with Crippen molar-refractivity contribution in [1.29, 1.82) is 0 Å². The summed E-state index contributed by atoms with van der Waals surface area (Å²) in [6.07, 6.45) is 1.47. The first-order valence-electron chi connectivity index (χ1n) is 9.77. The minimum Gasteiger partial charge on any atom is -0.507 e. The van der Waals surface area contributed by atoms with E-state index in [1.54, 1.807) is 36.4 Å². The number of aliphatic hydroxyl groups is 1. The number of hydrogen-bond donors (Lipinski definition) is 1. The molecule has 2 aromatic carbocycles. The Morgan fingerprint density at radius 1 is 1.03 bits per heavy atom. The molecule has 2 aliphatic rings. The molecule has 2 aliphatic heterocycles. The third kappa shape index (κ3) is 2.97. The second-order valence-electron chi connectivity index (χ2n) is 7.54. The van der Waals surface area contributed by atoms with Crippen LogP contribution >= 0.6 is 0 Å². The topological polar surface area (TPSA) is 89.2 Å². The molecule has 156 valence electrons. The number of fused-ring (bicyclic) bond motifs is 1. The van der Waals surface area contributed by atoms with Crippen molar-refractivity contribution in [3.63, 3.8) is 0 Å². The number of hydrogen-bond acceptors (Lipinski definition) is 6. The van der Waals surface area contributed by atoms with Crippen LogP contribution in [0.3, 0.4) is 0 Å². The highest BCUT2D eigenvalue weighted by Gasteiger charge is 2.48. The summed E-state index contributed by atoms with van der Waals surface area (Å²) in [6.45, 7) is 3.91. The van der Waals surface area contributed by atoms with Crippen LogP contribution in [-0.2, 0) is 9.59 Å². The lowest BCUT2D eigenvalue weighted by Gasteiger charge is -2.25. The van der Waals surface area contributed by atoms with Crippen LogP contribution < -0.4 is 14.4 Å². The molecule has 0 saturated carbocycles. The summed E-state index contributed by atoms with van der Waals surface area (Å²) in [6, 6.07) is 12.9. The van der Waals surface area contributed by atoms with E-state index in [4.69, 9.17) is 13.9 Å². The molecule has 1 N–H and O–H groups in total. The van der Waals surface area contributed by atoms with Crippen LogP contribution in [0.2, 0.25) is 0 Å². The number of benzene rings is 2. The third-order valence-corrected chi connectivity index (χ3v) is 5.51. The molecule has 0 bridgehead atoms. The molecule has 3 aromatic rings. The Morgan fingerprint density at radius 3 is 2.58 bits per heavy atom. The number of aliphatic hydroxyl groups excluding tert-OH is 1. The number of carbonyl (C=O) groups is 2. The van der Waals surface area contributed by atoms with Gasteiger partial charge in [0.2, 0.25) is 6.79 Å². The largest absolute Gasteiger partial charge is 0.507 e. The van der Waals surface area contributed by atoms with Crippen molar-refractivity contribution < 1.29 is 28.6 Å². The number of furan rings is 1. The first-order valence-corrected chi connectivity index (χ1v) is 9.77. The molecule has 31 heavy (non-hydrogen) atoms. The lowest BCUT2D eigenvalue weighted by molar-refractivity contribution is -0.132. The fourth-order valence-corrected chi connectivity index (χ4v) is 4.07. The first-order chi connectivity index (χ1) is 15.0. The Hall–Kier alpha value is -4.00. The van der Waals surface area contributed by atoms with Crippen molar-refractivity contribution in [2.45, 2.75) is 19.9 Å². The average molecular weight is 417 g/mol. The van der Waals surface area contributed by atoms with E-state index < -0.39 is 17.7 Å². The molecular formula is C24H19NO6. The smallest absolute Gasteiger partial charge is 0.300 e. The molecule has 7 nitrogen and oxygen atoms in total. The highest BCUT2D eigenvalue weighted by Crippen LogP contribution is 2.44. The van der Waals surface area contributed by atoms with Gasteiger partial charge in [0.25, 0.3) is 11.7 Å². The van der Waals surface area contributed by atoms with Crippen LogP contribution in [0.15, 0.2) is 64.8 Å². The van der Waals surface area contributed by atoms with Crippen LogP contribution in [-0.4, -0.2) is 23.6 Å². The van der Waals surface area contributed by atoms with Crippen molar-refractivity contribution in [3.05, 3.63) is 82.8 Å². The van der Waals surface area contributed by atoms with Gasteiger partial charge in [0, 0.05) is 11.3 Å². The van der Waals surface area contributed by atoms with Gasteiger partial charge in [-0.3, -0.25) is 14.5 Å². The summed E-state index contributed by atoms with van der Waals surface area (Å²) in [5.41, 5.74) is 2.76. The summed E-state index contributed by atoms with van der Waals surface area (Å²) < 4.78 is 16.3. The van der Waals surface area contributed by atoms with Gasteiger partial charge in [-0.25, -0.2) is 0 Å². The minimum absolute atomic E-state index is 0.0428. The van der Waals surface area contributed by atoms with E-state index in [2.05, 4.69) is 0 Å². The second-order valence-corrected chi connectivity index (χ2v) is 7.54. The zero-order valence-corrected chi connectivity index (χ0v) is 16.9. The monoisotopic (exact) mass is 417 g/mol. The highest BCUT2D eigenvalue weighted by molar-refractivity contribution is 6.51. The average Bonchev–Trinajstić information content (AvgIpc) is 3.48. The molecule has 1 amide bonds. The summed E-state index contributed by atoms with van der Waals surface area (Å²) in [5.74, 6) is -0.420. The SMILES string of the molecule is Cc1ccc(N2C(=O)C(=O)/C(=C(\O)c3ccc4c(c3)OCO4)C2c2ccco2)c(C)c1. The Labute approximate surface area is 178 Å². The molecule has 1 atom stereocenters. The summed E-state index contributed by atoms with van der Waals surface area (Å²) in [5, 5.41) is 11.1. The van der Waals surface area contributed by atoms with Gasteiger partial charge in [0.05, 0.1) is 11.8 Å². The van der Waals surface area contributed by atoms with Crippen LogP contribution in [0.25, 0.3) is 5.76 Å². The van der Waals surface area contributed by atoms with E-state index in [-0.39, 0.29) is 18.1 Å². The maximum atomic E-state index is 13.1. The van der Waals surface area contributed by atoms with E-state index >= 15 is 0 Å². The molecule has 1 fully saturated rings. The normalized spacial score (nSPS) is 19.3. The highest BCUT2D eigenvalue weighted by atomic mass is 16.7. The van der Waals surface area contributed by atoms with Gasteiger partial charge in [-0.05, 0) is 55.8 Å². The Morgan fingerprint density at radius 2 is 1.84 bits per heavy atom. The van der Waals surface area contributed by atoms with Gasteiger partial charge in [-0.1, -0.05) is 17.7 Å². The number of amides is 1.